The average molecular weight is 184 g/mol. The van der Waals surface area contributed by atoms with Gasteiger partial charge in [-0.05, 0) is 0 Å². The molecule has 0 saturated heterocycles. The number of amides is 1. The van der Waals surface area contributed by atoms with E-state index in [1.54, 1.807) is 0 Å². The summed E-state index contributed by atoms with van der Waals surface area (Å²) in [7, 11) is 0. The fourth-order valence-electron chi connectivity index (χ4n) is 0.643. The summed E-state index contributed by atoms with van der Waals surface area (Å²) in [6.45, 7) is 2.56. The van der Waals surface area contributed by atoms with Crippen LogP contribution in [0.4, 0.5) is 5.95 Å². The second-order valence-electron chi connectivity index (χ2n) is 2.24. The van der Waals surface area contributed by atoms with Crippen LogP contribution in [0.1, 0.15) is 13.8 Å². The summed E-state index contributed by atoms with van der Waals surface area (Å²) >= 11 is 0. The third kappa shape index (κ3) is 2.89. The van der Waals surface area contributed by atoms with Crippen molar-refractivity contribution in [2.75, 3.05) is 5.32 Å². The number of rotatable bonds is 2. The molecule has 0 unspecified atom stereocenters. The Labute approximate surface area is 73.5 Å². The summed E-state index contributed by atoms with van der Waals surface area (Å²) in [5.74, 6) is -0.664. The number of carbonyl (C=O) groups is 2. The largest absolute Gasteiger partial charge is 0.390 e. The number of nitrogens with zero attached hydrogens (tertiary/aromatic N) is 2. The quantitative estimate of drug-likeness (QED) is 0.614. The molecule has 0 radical (unpaired) electrons. The first-order valence-corrected chi connectivity index (χ1v) is 3.46. The van der Waals surface area contributed by atoms with Gasteiger partial charge in [-0.25, -0.2) is 5.10 Å². The SMILES string of the molecule is CC(=O)Nc1nc(OC(C)=O)n[nH]1. The Hall–Kier alpha value is -1.92. The zero-order valence-corrected chi connectivity index (χ0v) is 7.12. The fourth-order valence-corrected chi connectivity index (χ4v) is 0.643. The van der Waals surface area contributed by atoms with Crippen LogP contribution in [0.25, 0.3) is 0 Å². The van der Waals surface area contributed by atoms with Gasteiger partial charge in [0, 0.05) is 13.8 Å². The van der Waals surface area contributed by atoms with Crippen molar-refractivity contribution >= 4 is 17.8 Å². The Morgan fingerprint density at radius 2 is 2.15 bits per heavy atom. The van der Waals surface area contributed by atoms with Crippen molar-refractivity contribution in [2.45, 2.75) is 13.8 Å². The summed E-state index contributed by atoms with van der Waals surface area (Å²) in [5, 5.41) is 8.23. The van der Waals surface area contributed by atoms with Crippen LogP contribution in [0.15, 0.2) is 0 Å². The van der Waals surface area contributed by atoms with Crippen molar-refractivity contribution in [1.82, 2.24) is 15.2 Å². The first-order valence-electron chi connectivity index (χ1n) is 3.46. The van der Waals surface area contributed by atoms with Crippen LogP contribution in [-0.4, -0.2) is 27.1 Å². The van der Waals surface area contributed by atoms with Crippen LogP contribution >= 0.6 is 0 Å². The highest BCUT2D eigenvalue weighted by molar-refractivity contribution is 5.86. The average Bonchev–Trinajstić information content (AvgIpc) is 2.33. The summed E-state index contributed by atoms with van der Waals surface area (Å²) in [6, 6.07) is -0.115. The van der Waals surface area contributed by atoms with E-state index >= 15 is 0 Å². The first kappa shape index (κ1) is 9.17. The Balaban J connectivity index is 2.63. The number of esters is 1. The lowest BCUT2D eigenvalue weighted by Gasteiger charge is -1.92. The molecule has 1 aromatic rings. The van der Waals surface area contributed by atoms with Gasteiger partial charge in [0.05, 0.1) is 0 Å². The Kier molecular flexibility index (Phi) is 2.58. The van der Waals surface area contributed by atoms with Gasteiger partial charge in [0.1, 0.15) is 0 Å². The Morgan fingerprint density at radius 3 is 2.69 bits per heavy atom. The summed E-state index contributed by atoms with van der Waals surface area (Å²) in [5.41, 5.74) is 0. The molecular formula is C6H8N4O3. The van der Waals surface area contributed by atoms with Crippen LogP contribution in [0, 0.1) is 0 Å². The van der Waals surface area contributed by atoms with Crippen LogP contribution in [-0.2, 0) is 9.59 Å². The molecule has 1 rings (SSSR count). The topological polar surface area (TPSA) is 97.0 Å². The zero-order chi connectivity index (χ0) is 9.84. The minimum absolute atomic E-state index is 0.115. The molecule has 1 aromatic heterocycles. The van der Waals surface area contributed by atoms with Crippen molar-refractivity contribution in [3.05, 3.63) is 0 Å². The van der Waals surface area contributed by atoms with E-state index in [1.165, 1.54) is 13.8 Å². The number of aromatic amines is 1. The molecule has 2 N–H and O–H groups in total. The van der Waals surface area contributed by atoms with E-state index in [0.29, 0.717) is 0 Å². The van der Waals surface area contributed by atoms with Gasteiger partial charge in [-0.3, -0.25) is 14.9 Å². The molecule has 0 atom stereocenters. The van der Waals surface area contributed by atoms with E-state index in [-0.39, 0.29) is 17.9 Å². The predicted molar refractivity (Wildman–Crippen MR) is 42.0 cm³/mol. The molecule has 7 heteroatoms. The highest BCUT2D eigenvalue weighted by Crippen LogP contribution is 2.04. The normalized spacial score (nSPS) is 9.38. The fraction of sp³-hybridized carbons (Fsp3) is 0.333. The van der Waals surface area contributed by atoms with Crippen LogP contribution < -0.4 is 10.1 Å². The van der Waals surface area contributed by atoms with E-state index in [2.05, 4.69) is 25.2 Å². The highest BCUT2D eigenvalue weighted by atomic mass is 16.5. The number of carbonyl (C=O) groups excluding carboxylic acids is 2. The lowest BCUT2D eigenvalue weighted by molar-refractivity contribution is -0.132. The molecule has 0 aliphatic heterocycles. The maximum atomic E-state index is 10.5. The molecule has 7 nitrogen and oxygen atoms in total. The minimum atomic E-state index is -0.520. The first-order chi connectivity index (χ1) is 6.08. The lowest BCUT2D eigenvalue weighted by Crippen LogP contribution is -2.07. The van der Waals surface area contributed by atoms with Gasteiger partial charge in [-0.15, -0.1) is 5.10 Å². The summed E-state index contributed by atoms with van der Waals surface area (Å²) < 4.78 is 4.53. The van der Waals surface area contributed by atoms with Crippen LogP contribution in [0.5, 0.6) is 6.01 Å². The van der Waals surface area contributed by atoms with Gasteiger partial charge in [-0.2, -0.15) is 4.98 Å². The van der Waals surface area contributed by atoms with Crippen molar-refractivity contribution in [1.29, 1.82) is 0 Å². The number of nitrogens with one attached hydrogen (secondary N) is 2. The monoisotopic (exact) mass is 184 g/mol. The van der Waals surface area contributed by atoms with E-state index in [0.717, 1.165) is 0 Å². The van der Waals surface area contributed by atoms with Gasteiger partial charge in [0.25, 0.3) is 0 Å². The van der Waals surface area contributed by atoms with Gasteiger partial charge in [0.15, 0.2) is 0 Å². The number of anilines is 1. The summed E-state index contributed by atoms with van der Waals surface area (Å²) in [6.07, 6.45) is 0. The summed E-state index contributed by atoms with van der Waals surface area (Å²) in [4.78, 5) is 24.6. The molecule has 13 heavy (non-hydrogen) atoms. The molecule has 0 aromatic carbocycles. The van der Waals surface area contributed by atoms with Crippen molar-refractivity contribution < 1.29 is 14.3 Å². The van der Waals surface area contributed by atoms with Crippen molar-refractivity contribution in [3.8, 4) is 6.01 Å². The molecule has 1 amide bonds. The molecule has 0 bridgehead atoms. The molecule has 0 saturated carbocycles. The van der Waals surface area contributed by atoms with Gasteiger partial charge in [0.2, 0.25) is 11.9 Å². The molecule has 0 fully saturated rings. The Morgan fingerprint density at radius 1 is 1.46 bits per heavy atom. The molecule has 0 spiro atoms. The number of hydrogen-bond acceptors (Lipinski definition) is 5. The number of ether oxygens (including phenoxy) is 1. The van der Waals surface area contributed by atoms with Crippen molar-refractivity contribution in [3.63, 3.8) is 0 Å². The van der Waals surface area contributed by atoms with E-state index in [4.69, 9.17) is 0 Å². The molecule has 1 heterocycles. The lowest BCUT2D eigenvalue weighted by atomic mass is 10.7. The molecule has 70 valence electrons. The third-order valence-electron chi connectivity index (χ3n) is 0.994. The van der Waals surface area contributed by atoms with Gasteiger partial charge < -0.3 is 4.74 Å². The van der Waals surface area contributed by atoms with E-state index < -0.39 is 5.97 Å². The van der Waals surface area contributed by atoms with Crippen molar-refractivity contribution in [2.24, 2.45) is 0 Å². The van der Waals surface area contributed by atoms with Crippen LogP contribution in [0.2, 0.25) is 0 Å². The maximum Gasteiger partial charge on any atom is 0.344 e. The zero-order valence-electron chi connectivity index (χ0n) is 7.12. The minimum Gasteiger partial charge on any atom is -0.390 e. The maximum absolute atomic E-state index is 10.5. The Bertz CT molecular complexity index is 302. The number of H-pyrrole nitrogens is 1. The van der Waals surface area contributed by atoms with Gasteiger partial charge in [-0.1, -0.05) is 0 Å². The molecule has 0 aliphatic rings. The third-order valence-corrected chi connectivity index (χ3v) is 0.994. The second kappa shape index (κ2) is 3.65. The number of aromatic nitrogens is 3. The predicted octanol–water partition coefficient (Wildman–Crippen LogP) is -0.312. The standard InChI is InChI=1S/C6H8N4O3/c1-3(11)7-5-8-6(10-9-5)13-4(2)12/h1-2H3,(H2,7,8,9,10,11). The second-order valence-corrected chi connectivity index (χ2v) is 2.24. The van der Waals surface area contributed by atoms with Gasteiger partial charge >= 0.3 is 12.0 Å². The van der Waals surface area contributed by atoms with E-state index in [9.17, 15) is 9.59 Å². The molecule has 0 aliphatic carbocycles. The number of hydrogen-bond donors (Lipinski definition) is 2. The van der Waals surface area contributed by atoms with Crippen LogP contribution in [0.3, 0.4) is 0 Å². The van der Waals surface area contributed by atoms with E-state index in [1.807, 2.05) is 0 Å². The highest BCUT2D eigenvalue weighted by Gasteiger charge is 2.06. The molecular weight excluding hydrogens is 176 g/mol. The smallest absolute Gasteiger partial charge is 0.344 e.